The molecule has 1 aromatic rings. The van der Waals surface area contributed by atoms with Crippen LogP contribution in [0.25, 0.3) is 0 Å². The highest BCUT2D eigenvalue weighted by Crippen LogP contribution is 2.17. The normalized spacial score (nSPS) is 16.3. The summed E-state index contributed by atoms with van der Waals surface area (Å²) in [6.45, 7) is 3.10. The summed E-state index contributed by atoms with van der Waals surface area (Å²) < 4.78 is 19.4. The maximum absolute atomic E-state index is 13.7. The van der Waals surface area contributed by atoms with Crippen molar-refractivity contribution in [1.82, 2.24) is 15.5 Å². The number of halogens is 1. The van der Waals surface area contributed by atoms with Crippen LogP contribution in [0.1, 0.15) is 32.6 Å². The number of nitrogens with zero attached hydrogens (tertiary/aromatic N) is 2. The number of ether oxygens (including phenoxy) is 1. The van der Waals surface area contributed by atoms with E-state index in [1.165, 1.54) is 11.0 Å². The highest BCUT2D eigenvalue weighted by Gasteiger charge is 2.25. The summed E-state index contributed by atoms with van der Waals surface area (Å²) in [4.78, 5) is 29.0. The molecule has 1 aliphatic rings. The van der Waals surface area contributed by atoms with Crippen molar-refractivity contribution >= 4 is 17.8 Å². The zero-order chi connectivity index (χ0) is 19.6. The monoisotopic (exact) mass is 378 g/mol. The third-order valence-corrected chi connectivity index (χ3v) is 4.32. The molecule has 0 spiro atoms. The molecule has 1 unspecified atom stereocenters. The molecule has 2 amide bonds. The summed E-state index contributed by atoms with van der Waals surface area (Å²) in [7, 11) is 1.63. The van der Waals surface area contributed by atoms with Gasteiger partial charge in [-0.2, -0.15) is 0 Å². The molecule has 1 aliphatic heterocycles. The van der Waals surface area contributed by atoms with Crippen molar-refractivity contribution in [1.29, 1.82) is 0 Å². The number of hydrogen-bond acceptors (Lipinski definition) is 4. The van der Waals surface area contributed by atoms with E-state index in [0.29, 0.717) is 51.3 Å². The Hall–Kier alpha value is -2.64. The molecular formula is C19H27FN4O3. The average Bonchev–Trinajstić information content (AvgIpc) is 2.67. The molecule has 0 aromatic heterocycles. The maximum atomic E-state index is 13.7. The Balaban J connectivity index is 1.77. The molecule has 7 nitrogen and oxygen atoms in total. The summed E-state index contributed by atoms with van der Waals surface area (Å²) in [6.07, 6.45) is 1.93. The largest absolute Gasteiger partial charge is 0.486 e. The lowest BCUT2D eigenvalue weighted by Crippen LogP contribution is -2.47. The number of rotatable bonds is 8. The van der Waals surface area contributed by atoms with Crippen LogP contribution in [0.4, 0.5) is 4.39 Å². The zero-order valence-corrected chi connectivity index (χ0v) is 15.8. The smallest absolute Gasteiger partial charge is 0.229 e. The van der Waals surface area contributed by atoms with Gasteiger partial charge in [0, 0.05) is 33.0 Å². The van der Waals surface area contributed by atoms with Gasteiger partial charge in [-0.1, -0.05) is 19.1 Å². The van der Waals surface area contributed by atoms with Crippen LogP contribution in [-0.4, -0.2) is 55.5 Å². The van der Waals surface area contributed by atoms with Crippen molar-refractivity contribution < 1.29 is 18.7 Å². The minimum absolute atomic E-state index is 0.125. The predicted octanol–water partition coefficient (Wildman–Crippen LogP) is 1.69. The number of nitrogens with one attached hydrogen (secondary N) is 2. The van der Waals surface area contributed by atoms with Gasteiger partial charge in [0.25, 0.3) is 0 Å². The number of imide groups is 1. The maximum Gasteiger partial charge on any atom is 0.229 e. The van der Waals surface area contributed by atoms with E-state index in [-0.39, 0.29) is 23.7 Å². The first-order valence-corrected chi connectivity index (χ1v) is 9.24. The highest BCUT2D eigenvalue weighted by molar-refractivity contribution is 5.97. The summed E-state index contributed by atoms with van der Waals surface area (Å²) in [6, 6.07) is 6.30. The van der Waals surface area contributed by atoms with E-state index in [0.717, 1.165) is 0 Å². The molecular weight excluding hydrogens is 351 g/mol. The first-order chi connectivity index (χ1) is 13.0. The lowest BCUT2D eigenvalue weighted by molar-refractivity contribution is -0.147. The Bertz CT molecular complexity index is 665. The molecule has 1 atom stereocenters. The third-order valence-electron chi connectivity index (χ3n) is 4.32. The van der Waals surface area contributed by atoms with Gasteiger partial charge in [-0.05, 0) is 25.0 Å². The van der Waals surface area contributed by atoms with Gasteiger partial charge in [-0.25, -0.2) is 4.39 Å². The number of amides is 2. The summed E-state index contributed by atoms with van der Waals surface area (Å²) in [5, 5.41) is 6.20. The number of para-hydroxylation sites is 1. The van der Waals surface area contributed by atoms with E-state index in [1.54, 1.807) is 25.2 Å². The van der Waals surface area contributed by atoms with Crippen molar-refractivity contribution in [3.05, 3.63) is 30.1 Å². The van der Waals surface area contributed by atoms with Crippen LogP contribution in [0, 0.1) is 5.82 Å². The average molecular weight is 378 g/mol. The SMILES string of the molecule is CCC(CNC(=NC)NCCN1C(=O)CCCC1=O)Oc1ccccc1F. The Morgan fingerprint density at radius 2 is 1.96 bits per heavy atom. The highest BCUT2D eigenvalue weighted by atomic mass is 19.1. The van der Waals surface area contributed by atoms with Crippen LogP contribution in [0.5, 0.6) is 5.75 Å². The van der Waals surface area contributed by atoms with Gasteiger partial charge in [-0.15, -0.1) is 0 Å². The fraction of sp³-hybridized carbons (Fsp3) is 0.526. The molecule has 2 rings (SSSR count). The van der Waals surface area contributed by atoms with Crippen LogP contribution in [0.2, 0.25) is 0 Å². The van der Waals surface area contributed by atoms with Gasteiger partial charge in [0.1, 0.15) is 6.10 Å². The minimum atomic E-state index is -0.394. The molecule has 0 radical (unpaired) electrons. The number of aliphatic imine (C=N–C) groups is 1. The number of hydrogen-bond donors (Lipinski definition) is 2. The van der Waals surface area contributed by atoms with Crippen LogP contribution >= 0.6 is 0 Å². The fourth-order valence-corrected chi connectivity index (χ4v) is 2.76. The third kappa shape index (κ3) is 6.23. The van der Waals surface area contributed by atoms with E-state index in [9.17, 15) is 14.0 Å². The van der Waals surface area contributed by atoms with Gasteiger partial charge >= 0.3 is 0 Å². The van der Waals surface area contributed by atoms with Gasteiger partial charge in [0.05, 0.1) is 6.54 Å². The van der Waals surface area contributed by atoms with Gasteiger partial charge in [-0.3, -0.25) is 19.5 Å². The Morgan fingerprint density at radius 1 is 1.26 bits per heavy atom. The molecule has 0 bridgehead atoms. The molecule has 8 heteroatoms. The first-order valence-electron chi connectivity index (χ1n) is 9.24. The van der Waals surface area contributed by atoms with E-state index in [1.807, 2.05) is 6.92 Å². The number of carbonyl (C=O) groups excluding carboxylic acids is 2. The van der Waals surface area contributed by atoms with Crippen molar-refractivity contribution in [2.75, 3.05) is 26.7 Å². The van der Waals surface area contributed by atoms with Crippen LogP contribution in [0.15, 0.2) is 29.3 Å². The lowest BCUT2D eigenvalue weighted by atomic mass is 10.1. The standard InChI is InChI=1S/C19H27FN4O3/c1-3-14(27-16-8-5-4-7-15(16)20)13-23-19(21-2)22-11-12-24-17(25)9-6-10-18(24)26/h4-5,7-8,14H,3,6,9-13H2,1-2H3,(H2,21,22,23). The van der Waals surface area contributed by atoms with E-state index in [4.69, 9.17) is 4.74 Å². The van der Waals surface area contributed by atoms with Crippen molar-refractivity contribution in [2.45, 2.75) is 38.7 Å². The van der Waals surface area contributed by atoms with E-state index in [2.05, 4.69) is 15.6 Å². The van der Waals surface area contributed by atoms with Crippen LogP contribution in [0.3, 0.4) is 0 Å². The van der Waals surface area contributed by atoms with Crippen molar-refractivity contribution in [2.24, 2.45) is 4.99 Å². The molecule has 1 aromatic carbocycles. The predicted molar refractivity (Wildman–Crippen MR) is 101 cm³/mol. The second-order valence-electron chi connectivity index (χ2n) is 6.25. The number of benzene rings is 1. The van der Waals surface area contributed by atoms with Gasteiger partial charge in [0.15, 0.2) is 17.5 Å². The molecule has 0 saturated carbocycles. The topological polar surface area (TPSA) is 83.0 Å². The summed E-state index contributed by atoms with van der Waals surface area (Å²) >= 11 is 0. The fourth-order valence-electron chi connectivity index (χ4n) is 2.76. The molecule has 148 valence electrons. The number of likely N-dealkylation sites (tertiary alicyclic amines) is 1. The van der Waals surface area contributed by atoms with E-state index >= 15 is 0 Å². The Morgan fingerprint density at radius 3 is 2.59 bits per heavy atom. The number of carbonyl (C=O) groups is 2. The summed E-state index contributed by atoms with van der Waals surface area (Å²) in [5.74, 6) is 0.105. The van der Waals surface area contributed by atoms with Gasteiger partial charge < -0.3 is 15.4 Å². The molecule has 1 saturated heterocycles. The second kappa shape index (κ2) is 10.5. The summed E-state index contributed by atoms with van der Waals surface area (Å²) in [5.41, 5.74) is 0. The van der Waals surface area contributed by atoms with Crippen LogP contribution in [-0.2, 0) is 9.59 Å². The molecule has 27 heavy (non-hydrogen) atoms. The Kier molecular flexibility index (Phi) is 8.03. The molecule has 1 fully saturated rings. The van der Waals surface area contributed by atoms with Crippen LogP contribution < -0.4 is 15.4 Å². The molecule has 2 N–H and O–H groups in total. The van der Waals surface area contributed by atoms with Gasteiger partial charge in [0.2, 0.25) is 11.8 Å². The number of piperidine rings is 1. The lowest BCUT2D eigenvalue weighted by Gasteiger charge is -2.25. The number of guanidine groups is 1. The van der Waals surface area contributed by atoms with E-state index < -0.39 is 5.82 Å². The minimum Gasteiger partial charge on any atom is -0.486 e. The zero-order valence-electron chi connectivity index (χ0n) is 15.8. The quantitative estimate of drug-likeness (QED) is 0.409. The molecule has 0 aliphatic carbocycles. The first kappa shape index (κ1) is 20.7. The Labute approximate surface area is 159 Å². The van der Waals surface area contributed by atoms with Crippen molar-refractivity contribution in [3.8, 4) is 5.75 Å². The second-order valence-corrected chi connectivity index (χ2v) is 6.25. The molecule has 1 heterocycles. The van der Waals surface area contributed by atoms with Crippen molar-refractivity contribution in [3.63, 3.8) is 0 Å².